The minimum absolute atomic E-state index is 0.0628. The lowest BCUT2D eigenvalue weighted by Gasteiger charge is -2.57. The molecule has 3 atom stereocenters. The number of hydrogen-bond donors (Lipinski definition) is 1. The van der Waals surface area contributed by atoms with Crippen LogP contribution in [-0.4, -0.2) is 48.0 Å². The Balaban J connectivity index is 1.80. The molecule has 0 amide bonds. The Bertz CT molecular complexity index is 308. The number of ether oxygens (including phenoxy) is 1. The molecule has 0 radical (unpaired) electrons. The van der Waals surface area contributed by atoms with Crippen LogP contribution in [0.4, 0.5) is 0 Å². The number of unbranched alkanes of at least 4 members (excludes halogenated alkanes) is 1. The average molecular weight is 281 g/mol. The van der Waals surface area contributed by atoms with Gasteiger partial charge in [0.2, 0.25) is 0 Å². The van der Waals surface area contributed by atoms with Crippen molar-refractivity contribution in [2.24, 2.45) is 5.41 Å². The van der Waals surface area contributed by atoms with Gasteiger partial charge in [-0.25, -0.2) is 0 Å². The monoisotopic (exact) mass is 281 g/mol. The highest BCUT2D eigenvalue weighted by atomic mass is 16.5. The molecule has 1 saturated carbocycles. The third-order valence-electron chi connectivity index (χ3n) is 5.49. The second kappa shape index (κ2) is 7.06. The highest BCUT2D eigenvalue weighted by Crippen LogP contribution is 2.51. The molecule has 1 aliphatic carbocycles. The Morgan fingerprint density at radius 3 is 2.70 bits per heavy atom. The van der Waals surface area contributed by atoms with E-state index in [-0.39, 0.29) is 11.5 Å². The first kappa shape index (κ1) is 16.0. The first-order valence-corrected chi connectivity index (χ1v) is 8.28. The molecule has 3 heteroatoms. The lowest BCUT2D eigenvalue weighted by atomic mass is 9.58. The fourth-order valence-corrected chi connectivity index (χ4v) is 3.94. The smallest absolute Gasteiger partial charge is 0.0681 e. The summed E-state index contributed by atoms with van der Waals surface area (Å²) in [5, 5.41) is 10.2. The van der Waals surface area contributed by atoms with E-state index in [4.69, 9.17) is 4.74 Å². The van der Waals surface area contributed by atoms with Crippen molar-refractivity contribution < 1.29 is 9.84 Å². The van der Waals surface area contributed by atoms with Crippen LogP contribution in [0.1, 0.15) is 52.4 Å². The summed E-state index contributed by atoms with van der Waals surface area (Å²) in [6.07, 6.45) is 8.77. The van der Waals surface area contributed by atoms with Crippen molar-refractivity contribution in [2.75, 3.05) is 19.7 Å². The largest absolute Gasteiger partial charge is 0.392 e. The summed E-state index contributed by atoms with van der Waals surface area (Å²) >= 11 is 0. The highest BCUT2D eigenvalue weighted by molar-refractivity contribution is 5.06. The fourth-order valence-electron chi connectivity index (χ4n) is 3.94. The SMILES string of the molecule is C=CCCCC(C)N1CCC2(CC1)C(O)CC2OCC. The minimum atomic E-state index is -0.141. The molecule has 3 unspecified atom stereocenters. The first-order valence-electron chi connectivity index (χ1n) is 8.28. The average Bonchev–Trinajstić information content (AvgIpc) is 2.47. The Morgan fingerprint density at radius 2 is 2.15 bits per heavy atom. The number of nitrogens with zero attached hydrogens (tertiary/aromatic N) is 1. The molecule has 20 heavy (non-hydrogen) atoms. The van der Waals surface area contributed by atoms with E-state index in [1.807, 2.05) is 6.08 Å². The van der Waals surface area contributed by atoms with E-state index in [9.17, 15) is 5.11 Å². The molecule has 116 valence electrons. The van der Waals surface area contributed by atoms with Gasteiger partial charge in [-0.1, -0.05) is 6.08 Å². The van der Waals surface area contributed by atoms with Gasteiger partial charge in [-0.3, -0.25) is 0 Å². The van der Waals surface area contributed by atoms with Gasteiger partial charge in [0.25, 0.3) is 0 Å². The van der Waals surface area contributed by atoms with Gasteiger partial charge in [-0.15, -0.1) is 6.58 Å². The molecule has 0 aromatic carbocycles. The van der Waals surface area contributed by atoms with Crippen LogP contribution in [-0.2, 0) is 4.74 Å². The molecule has 0 aromatic rings. The number of aliphatic hydroxyl groups excluding tert-OH is 1. The molecule has 1 saturated heterocycles. The summed E-state index contributed by atoms with van der Waals surface area (Å²) in [6.45, 7) is 11.1. The molecule has 1 heterocycles. The normalized spacial score (nSPS) is 30.9. The van der Waals surface area contributed by atoms with E-state index in [0.29, 0.717) is 12.1 Å². The van der Waals surface area contributed by atoms with Gasteiger partial charge in [0.15, 0.2) is 0 Å². The van der Waals surface area contributed by atoms with Crippen LogP contribution < -0.4 is 0 Å². The summed E-state index contributed by atoms with van der Waals surface area (Å²) in [6, 6.07) is 0.648. The number of rotatable bonds is 7. The molecule has 2 fully saturated rings. The molecule has 2 aliphatic rings. The lowest BCUT2D eigenvalue weighted by Crippen LogP contribution is -2.62. The second-order valence-electron chi connectivity index (χ2n) is 6.53. The van der Waals surface area contributed by atoms with Crippen LogP contribution in [0.3, 0.4) is 0 Å². The van der Waals surface area contributed by atoms with Crippen molar-refractivity contribution in [3.05, 3.63) is 12.7 Å². The van der Waals surface area contributed by atoms with E-state index >= 15 is 0 Å². The van der Waals surface area contributed by atoms with Gasteiger partial charge in [-0.2, -0.15) is 0 Å². The zero-order valence-electron chi connectivity index (χ0n) is 13.2. The number of allylic oxidation sites excluding steroid dienone is 1. The summed E-state index contributed by atoms with van der Waals surface area (Å²) in [4.78, 5) is 2.59. The standard InChI is InChI=1S/C17H31NO2/c1-4-6-7-8-14(3)18-11-9-17(10-12-18)15(19)13-16(17)20-5-2/h4,14-16,19H,1,5-13H2,2-3H3. The Labute approximate surface area is 124 Å². The van der Waals surface area contributed by atoms with Crippen molar-refractivity contribution >= 4 is 0 Å². The van der Waals surface area contributed by atoms with E-state index in [1.165, 1.54) is 12.8 Å². The Hall–Kier alpha value is -0.380. The second-order valence-corrected chi connectivity index (χ2v) is 6.53. The van der Waals surface area contributed by atoms with Crippen LogP contribution in [0.2, 0.25) is 0 Å². The molecule has 0 bridgehead atoms. The summed E-state index contributed by atoms with van der Waals surface area (Å²) in [7, 11) is 0. The van der Waals surface area contributed by atoms with Crippen LogP contribution >= 0.6 is 0 Å². The van der Waals surface area contributed by atoms with E-state index in [1.54, 1.807) is 0 Å². The van der Waals surface area contributed by atoms with Gasteiger partial charge in [-0.05, 0) is 59.0 Å². The summed E-state index contributed by atoms with van der Waals surface area (Å²) < 4.78 is 5.83. The predicted octanol–water partition coefficient (Wildman–Crippen LogP) is 2.98. The highest BCUT2D eigenvalue weighted by Gasteiger charge is 2.56. The van der Waals surface area contributed by atoms with Gasteiger partial charge < -0.3 is 14.7 Å². The number of aliphatic hydroxyl groups is 1. The van der Waals surface area contributed by atoms with Crippen molar-refractivity contribution in [3.8, 4) is 0 Å². The molecule has 1 N–H and O–H groups in total. The Morgan fingerprint density at radius 1 is 1.45 bits per heavy atom. The molecular weight excluding hydrogens is 250 g/mol. The van der Waals surface area contributed by atoms with Crippen LogP contribution in [0, 0.1) is 5.41 Å². The van der Waals surface area contributed by atoms with Crippen molar-refractivity contribution in [2.45, 2.75) is 70.6 Å². The zero-order chi connectivity index (χ0) is 14.6. The summed E-state index contributed by atoms with van der Waals surface area (Å²) in [5.41, 5.74) is 0.0628. The molecular formula is C17H31NO2. The maximum Gasteiger partial charge on any atom is 0.0681 e. The molecule has 1 aliphatic heterocycles. The summed E-state index contributed by atoms with van der Waals surface area (Å²) in [5.74, 6) is 0. The Kier molecular flexibility index (Phi) is 5.65. The third-order valence-corrected chi connectivity index (χ3v) is 5.49. The molecule has 3 nitrogen and oxygen atoms in total. The van der Waals surface area contributed by atoms with E-state index in [2.05, 4.69) is 25.3 Å². The lowest BCUT2D eigenvalue weighted by molar-refractivity contribution is -0.211. The number of hydrogen-bond acceptors (Lipinski definition) is 3. The van der Waals surface area contributed by atoms with Gasteiger partial charge in [0, 0.05) is 24.5 Å². The van der Waals surface area contributed by atoms with Gasteiger partial charge in [0.1, 0.15) is 0 Å². The maximum atomic E-state index is 10.2. The quantitative estimate of drug-likeness (QED) is 0.575. The molecule has 1 spiro atoms. The predicted molar refractivity (Wildman–Crippen MR) is 82.8 cm³/mol. The van der Waals surface area contributed by atoms with E-state index in [0.717, 1.165) is 45.4 Å². The van der Waals surface area contributed by atoms with Gasteiger partial charge in [0.05, 0.1) is 12.2 Å². The molecule has 0 aromatic heterocycles. The van der Waals surface area contributed by atoms with Crippen LogP contribution in [0.15, 0.2) is 12.7 Å². The fraction of sp³-hybridized carbons (Fsp3) is 0.882. The van der Waals surface area contributed by atoms with Crippen molar-refractivity contribution in [3.63, 3.8) is 0 Å². The van der Waals surface area contributed by atoms with Crippen LogP contribution in [0.25, 0.3) is 0 Å². The van der Waals surface area contributed by atoms with Crippen molar-refractivity contribution in [1.82, 2.24) is 4.90 Å². The van der Waals surface area contributed by atoms with E-state index < -0.39 is 0 Å². The minimum Gasteiger partial charge on any atom is -0.392 e. The molecule has 2 rings (SSSR count). The van der Waals surface area contributed by atoms with Gasteiger partial charge >= 0.3 is 0 Å². The third kappa shape index (κ3) is 3.10. The first-order chi connectivity index (χ1) is 9.64. The number of likely N-dealkylation sites (tertiary alicyclic amines) is 1. The van der Waals surface area contributed by atoms with Crippen LogP contribution in [0.5, 0.6) is 0 Å². The van der Waals surface area contributed by atoms with Crippen molar-refractivity contribution in [1.29, 1.82) is 0 Å². The topological polar surface area (TPSA) is 32.7 Å². The maximum absolute atomic E-state index is 10.2. The number of piperidine rings is 1. The zero-order valence-corrected chi connectivity index (χ0v) is 13.2.